The second-order valence-electron chi connectivity index (χ2n) is 3.88. The van der Waals surface area contributed by atoms with Crippen LogP contribution in [0.1, 0.15) is 18.6 Å². The zero-order valence-electron chi connectivity index (χ0n) is 10.4. The Bertz CT molecular complexity index is 362. The molecule has 0 spiro atoms. The van der Waals surface area contributed by atoms with Crippen LogP contribution in [0.15, 0.2) is 18.2 Å². The van der Waals surface area contributed by atoms with Gasteiger partial charge in [-0.2, -0.15) is 0 Å². The van der Waals surface area contributed by atoms with Gasteiger partial charge in [0, 0.05) is 18.7 Å². The van der Waals surface area contributed by atoms with Crippen molar-refractivity contribution in [2.45, 2.75) is 13.0 Å². The van der Waals surface area contributed by atoms with Gasteiger partial charge in [0.05, 0.1) is 26.4 Å². The van der Waals surface area contributed by atoms with E-state index >= 15 is 0 Å². The Morgan fingerprint density at radius 2 is 2.35 bits per heavy atom. The molecule has 94 valence electrons. The van der Waals surface area contributed by atoms with E-state index in [4.69, 9.17) is 14.2 Å². The standard InChI is InChI=1S/C13H19NO3/c1-3-16-11-6-4-5-10(13(11)15-2)12-9-14-7-8-17-12/h4-6,12,14H,3,7-9H2,1-2H3. The number of methoxy groups -OCH3 is 1. The number of para-hydroxylation sites is 1. The smallest absolute Gasteiger partial charge is 0.166 e. The summed E-state index contributed by atoms with van der Waals surface area (Å²) in [5.74, 6) is 1.56. The maximum atomic E-state index is 5.74. The van der Waals surface area contributed by atoms with Crippen molar-refractivity contribution in [3.05, 3.63) is 23.8 Å². The Labute approximate surface area is 102 Å². The summed E-state index contributed by atoms with van der Waals surface area (Å²) in [5.41, 5.74) is 1.05. The zero-order valence-corrected chi connectivity index (χ0v) is 10.4. The number of hydrogen-bond donors (Lipinski definition) is 1. The molecule has 1 saturated heterocycles. The monoisotopic (exact) mass is 237 g/mol. The van der Waals surface area contributed by atoms with E-state index in [-0.39, 0.29) is 6.10 Å². The molecule has 0 radical (unpaired) electrons. The molecule has 1 aliphatic heterocycles. The fourth-order valence-corrected chi connectivity index (χ4v) is 2.04. The summed E-state index contributed by atoms with van der Waals surface area (Å²) < 4.78 is 16.7. The van der Waals surface area contributed by atoms with Gasteiger partial charge in [-0.1, -0.05) is 12.1 Å². The Balaban J connectivity index is 2.28. The summed E-state index contributed by atoms with van der Waals surface area (Å²) >= 11 is 0. The number of hydrogen-bond acceptors (Lipinski definition) is 4. The molecule has 1 atom stereocenters. The number of morpholine rings is 1. The highest BCUT2D eigenvalue weighted by Crippen LogP contribution is 2.36. The summed E-state index contributed by atoms with van der Waals surface area (Å²) in [6.07, 6.45) is 0.0408. The molecule has 17 heavy (non-hydrogen) atoms. The molecule has 1 heterocycles. The molecule has 0 aliphatic carbocycles. The van der Waals surface area contributed by atoms with Crippen LogP contribution in [-0.2, 0) is 4.74 Å². The van der Waals surface area contributed by atoms with Gasteiger partial charge in [-0.25, -0.2) is 0 Å². The fourth-order valence-electron chi connectivity index (χ4n) is 2.04. The van der Waals surface area contributed by atoms with E-state index in [9.17, 15) is 0 Å². The van der Waals surface area contributed by atoms with Crippen LogP contribution in [0, 0.1) is 0 Å². The van der Waals surface area contributed by atoms with E-state index in [0.717, 1.165) is 36.8 Å². The van der Waals surface area contributed by atoms with Gasteiger partial charge in [-0.05, 0) is 13.0 Å². The second-order valence-corrected chi connectivity index (χ2v) is 3.88. The summed E-state index contributed by atoms with van der Waals surface area (Å²) in [6.45, 7) is 5.04. The molecule has 0 amide bonds. The normalized spacial score (nSPS) is 20.0. The Morgan fingerprint density at radius 1 is 1.47 bits per heavy atom. The van der Waals surface area contributed by atoms with Crippen LogP contribution < -0.4 is 14.8 Å². The lowest BCUT2D eigenvalue weighted by molar-refractivity contribution is 0.0260. The summed E-state index contributed by atoms with van der Waals surface area (Å²) in [7, 11) is 1.66. The van der Waals surface area contributed by atoms with E-state index in [2.05, 4.69) is 5.32 Å². The topological polar surface area (TPSA) is 39.7 Å². The van der Waals surface area contributed by atoms with Crippen molar-refractivity contribution in [2.75, 3.05) is 33.4 Å². The van der Waals surface area contributed by atoms with E-state index in [0.29, 0.717) is 6.61 Å². The maximum Gasteiger partial charge on any atom is 0.166 e. The van der Waals surface area contributed by atoms with E-state index in [1.165, 1.54) is 0 Å². The van der Waals surface area contributed by atoms with Gasteiger partial charge >= 0.3 is 0 Å². The minimum absolute atomic E-state index is 0.0408. The van der Waals surface area contributed by atoms with Crippen LogP contribution in [-0.4, -0.2) is 33.4 Å². The molecule has 1 N–H and O–H groups in total. The number of benzene rings is 1. The molecule has 1 unspecified atom stereocenters. The molecule has 0 bridgehead atoms. The van der Waals surface area contributed by atoms with Gasteiger partial charge in [0.1, 0.15) is 0 Å². The van der Waals surface area contributed by atoms with E-state index in [1.54, 1.807) is 7.11 Å². The molecule has 1 aliphatic rings. The Kier molecular flexibility index (Phi) is 4.23. The van der Waals surface area contributed by atoms with Gasteiger partial charge < -0.3 is 19.5 Å². The highest BCUT2D eigenvalue weighted by molar-refractivity contribution is 5.48. The summed E-state index contributed by atoms with van der Waals surface area (Å²) in [4.78, 5) is 0. The van der Waals surface area contributed by atoms with Crippen molar-refractivity contribution in [3.8, 4) is 11.5 Å². The van der Waals surface area contributed by atoms with Gasteiger partial charge in [-0.3, -0.25) is 0 Å². The average Bonchev–Trinajstić information content (AvgIpc) is 2.40. The third-order valence-electron chi connectivity index (χ3n) is 2.79. The molecule has 1 aromatic rings. The number of ether oxygens (including phenoxy) is 3. The molecular formula is C13H19NO3. The van der Waals surface area contributed by atoms with E-state index in [1.807, 2.05) is 25.1 Å². The number of rotatable bonds is 4. The van der Waals surface area contributed by atoms with Gasteiger partial charge in [-0.15, -0.1) is 0 Å². The zero-order chi connectivity index (χ0) is 12.1. The maximum absolute atomic E-state index is 5.74. The fraction of sp³-hybridized carbons (Fsp3) is 0.538. The highest BCUT2D eigenvalue weighted by atomic mass is 16.5. The number of nitrogens with one attached hydrogen (secondary N) is 1. The van der Waals surface area contributed by atoms with Crippen molar-refractivity contribution in [3.63, 3.8) is 0 Å². The lowest BCUT2D eigenvalue weighted by Gasteiger charge is -2.26. The van der Waals surface area contributed by atoms with Gasteiger partial charge in [0.2, 0.25) is 0 Å². The molecule has 4 heteroatoms. The molecule has 1 aromatic carbocycles. The quantitative estimate of drug-likeness (QED) is 0.866. The largest absolute Gasteiger partial charge is 0.492 e. The molecule has 0 saturated carbocycles. The van der Waals surface area contributed by atoms with Crippen LogP contribution in [0.4, 0.5) is 0 Å². The first-order chi connectivity index (χ1) is 8.36. The summed E-state index contributed by atoms with van der Waals surface area (Å²) in [5, 5.41) is 3.31. The lowest BCUT2D eigenvalue weighted by atomic mass is 10.1. The van der Waals surface area contributed by atoms with Gasteiger partial charge in [0.15, 0.2) is 11.5 Å². The van der Waals surface area contributed by atoms with Crippen LogP contribution in [0.2, 0.25) is 0 Å². The molecule has 0 aromatic heterocycles. The highest BCUT2D eigenvalue weighted by Gasteiger charge is 2.21. The van der Waals surface area contributed by atoms with Crippen LogP contribution in [0.3, 0.4) is 0 Å². The molecule has 1 fully saturated rings. The minimum Gasteiger partial charge on any atom is -0.492 e. The predicted octanol–water partition coefficient (Wildman–Crippen LogP) is 1.75. The summed E-state index contributed by atoms with van der Waals surface area (Å²) in [6, 6.07) is 5.92. The first-order valence-electron chi connectivity index (χ1n) is 5.98. The first kappa shape index (κ1) is 12.2. The van der Waals surface area contributed by atoms with Crippen LogP contribution >= 0.6 is 0 Å². The molecule has 2 rings (SSSR count). The van der Waals surface area contributed by atoms with Crippen LogP contribution in [0.25, 0.3) is 0 Å². The van der Waals surface area contributed by atoms with Crippen molar-refractivity contribution in [1.29, 1.82) is 0 Å². The third-order valence-corrected chi connectivity index (χ3v) is 2.79. The van der Waals surface area contributed by atoms with Crippen molar-refractivity contribution in [1.82, 2.24) is 5.32 Å². The average molecular weight is 237 g/mol. The Morgan fingerprint density at radius 3 is 3.00 bits per heavy atom. The molecule has 4 nitrogen and oxygen atoms in total. The lowest BCUT2D eigenvalue weighted by Crippen LogP contribution is -2.33. The van der Waals surface area contributed by atoms with Crippen LogP contribution in [0.5, 0.6) is 11.5 Å². The first-order valence-corrected chi connectivity index (χ1v) is 5.98. The Hall–Kier alpha value is -1.26. The molecular weight excluding hydrogens is 218 g/mol. The minimum atomic E-state index is 0.0408. The van der Waals surface area contributed by atoms with Gasteiger partial charge in [0.25, 0.3) is 0 Å². The van der Waals surface area contributed by atoms with Crippen molar-refractivity contribution < 1.29 is 14.2 Å². The predicted molar refractivity (Wildman–Crippen MR) is 65.7 cm³/mol. The van der Waals surface area contributed by atoms with Crippen molar-refractivity contribution >= 4 is 0 Å². The second kappa shape index (κ2) is 5.89. The van der Waals surface area contributed by atoms with Crippen molar-refractivity contribution in [2.24, 2.45) is 0 Å². The third kappa shape index (κ3) is 2.70. The van der Waals surface area contributed by atoms with E-state index < -0.39 is 0 Å². The SMILES string of the molecule is CCOc1cccc(C2CNCCO2)c1OC.